The largest absolute Gasteiger partial charge is 0.300 e. The molecule has 0 saturated heterocycles. The SMILES string of the molecule is O=C(CCc1cccc2cccnc12)CC1CCCC(c2nccc3c2C=CCC3)C1.[HH].[HH].[HH]. The smallest absolute Gasteiger partial charge is 0.133 e. The number of hydrogen-bond acceptors (Lipinski definition) is 3. The van der Waals surface area contributed by atoms with Gasteiger partial charge in [-0.25, -0.2) is 0 Å². The average Bonchev–Trinajstić information content (AvgIpc) is 2.82. The van der Waals surface area contributed by atoms with E-state index < -0.39 is 0 Å². The quantitative estimate of drug-likeness (QED) is 0.427. The van der Waals surface area contributed by atoms with Crippen LogP contribution < -0.4 is 0 Å². The number of nitrogens with zero attached hydrogens (tertiary/aromatic N) is 2. The summed E-state index contributed by atoms with van der Waals surface area (Å²) in [5.74, 6) is 1.37. The van der Waals surface area contributed by atoms with Gasteiger partial charge in [-0.15, -0.1) is 0 Å². The molecule has 5 rings (SSSR count). The van der Waals surface area contributed by atoms with Gasteiger partial charge >= 0.3 is 0 Å². The lowest BCUT2D eigenvalue weighted by atomic mass is 9.75. The van der Waals surface area contributed by atoms with E-state index in [1.165, 1.54) is 41.6 Å². The predicted molar refractivity (Wildman–Crippen MR) is 132 cm³/mol. The second-order valence-corrected chi connectivity index (χ2v) is 9.17. The van der Waals surface area contributed by atoms with Crippen LogP contribution in [0.25, 0.3) is 17.0 Å². The Bertz CT molecular complexity index is 1130. The number of rotatable bonds is 6. The van der Waals surface area contributed by atoms with E-state index in [1.54, 1.807) is 0 Å². The molecule has 2 atom stereocenters. The van der Waals surface area contributed by atoms with E-state index in [0.717, 1.165) is 36.6 Å². The van der Waals surface area contributed by atoms with Crippen LogP contribution in [-0.4, -0.2) is 15.8 Å². The van der Waals surface area contributed by atoms with Crippen LogP contribution in [0.2, 0.25) is 0 Å². The fraction of sp³-hybridized carbons (Fsp3) is 0.393. The maximum atomic E-state index is 12.8. The fourth-order valence-corrected chi connectivity index (χ4v) is 5.50. The van der Waals surface area contributed by atoms with Gasteiger partial charge in [-0.2, -0.15) is 0 Å². The van der Waals surface area contributed by atoms with Crippen molar-refractivity contribution >= 4 is 22.8 Å². The molecule has 3 heteroatoms. The molecule has 0 amide bonds. The lowest BCUT2D eigenvalue weighted by molar-refractivity contribution is -0.120. The highest BCUT2D eigenvalue weighted by Crippen LogP contribution is 2.40. The lowest BCUT2D eigenvalue weighted by Crippen LogP contribution is -2.19. The number of pyridine rings is 2. The van der Waals surface area contributed by atoms with Gasteiger partial charge in [0.05, 0.1) is 11.2 Å². The van der Waals surface area contributed by atoms with E-state index in [2.05, 4.69) is 47.5 Å². The zero-order valence-electron chi connectivity index (χ0n) is 18.1. The monoisotopic (exact) mass is 416 g/mol. The van der Waals surface area contributed by atoms with Crippen molar-refractivity contribution in [1.29, 1.82) is 0 Å². The Morgan fingerprint density at radius 2 is 2.00 bits per heavy atom. The van der Waals surface area contributed by atoms with Crippen LogP contribution in [-0.2, 0) is 17.6 Å². The number of allylic oxidation sites excluding steroid dienone is 1. The molecule has 0 bridgehead atoms. The van der Waals surface area contributed by atoms with Crippen molar-refractivity contribution < 1.29 is 9.07 Å². The highest BCUT2D eigenvalue weighted by Gasteiger charge is 2.28. The van der Waals surface area contributed by atoms with Crippen molar-refractivity contribution in [3.05, 3.63) is 77.3 Å². The molecule has 2 aliphatic carbocycles. The third-order valence-corrected chi connectivity index (χ3v) is 7.05. The standard InChI is InChI=1S/C28H30N2O.3H2/c31-25(14-13-23-9-4-8-22-11-5-16-29-27(22)23)19-20-6-3-10-24(18-20)28-26-12-2-1-7-21(26)15-17-30-28;;;/h2,4-5,8-9,11-12,15-17,20,24H,1,3,6-7,10,13-14,18-19H2;3*1H. The normalized spacial score (nSPS) is 20.5. The number of ketones is 1. The van der Waals surface area contributed by atoms with Crippen LogP contribution in [0.1, 0.15) is 77.5 Å². The Balaban J connectivity index is 0.00000136. The highest BCUT2D eigenvalue weighted by molar-refractivity contribution is 5.83. The van der Waals surface area contributed by atoms with Gasteiger partial charge in [-0.1, -0.05) is 42.8 Å². The zero-order chi connectivity index (χ0) is 21.0. The molecule has 3 aromatic rings. The first-order valence-electron chi connectivity index (χ1n) is 11.8. The first kappa shape index (κ1) is 20.1. The Morgan fingerprint density at radius 3 is 2.97 bits per heavy atom. The van der Waals surface area contributed by atoms with Crippen LogP contribution in [0.4, 0.5) is 0 Å². The van der Waals surface area contributed by atoms with Crippen molar-refractivity contribution in [1.82, 2.24) is 9.97 Å². The summed E-state index contributed by atoms with van der Waals surface area (Å²) in [6.07, 6.45) is 17.4. The van der Waals surface area contributed by atoms with E-state index in [-0.39, 0.29) is 4.28 Å². The summed E-state index contributed by atoms with van der Waals surface area (Å²) >= 11 is 0. The Hall–Kier alpha value is -2.81. The topological polar surface area (TPSA) is 42.9 Å². The Morgan fingerprint density at radius 1 is 1.06 bits per heavy atom. The minimum Gasteiger partial charge on any atom is -0.300 e. The first-order chi connectivity index (χ1) is 15.3. The van der Waals surface area contributed by atoms with E-state index in [9.17, 15) is 4.79 Å². The van der Waals surface area contributed by atoms with Crippen LogP contribution >= 0.6 is 0 Å². The van der Waals surface area contributed by atoms with Crippen molar-refractivity contribution in [2.75, 3.05) is 0 Å². The van der Waals surface area contributed by atoms with Gasteiger partial charge in [-0.05, 0) is 73.3 Å². The molecule has 1 saturated carbocycles. The molecule has 0 spiro atoms. The third kappa shape index (κ3) is 4.46. The molecule has 2 unspecified atom stereocenters. The summed E-state index contributed by atoms with van der Waals surface area (Å²) < 4.78 is 0. The van der Waals surface area contributed by atoms with Crippen molar-refractivity contribution in [3.63, 3.8) is 0 Å². The Kier molecular flexibility index (Phi) is 5.93. The van der Waals surface area contributed by atoms with E-state index in [4.69, 9.17) is 4.98 Å². The summed E-state index contributed by atoms with van der Waals surface area (Å²) in [5, 5.41) is 1.15. The maximum Gasteiger partial charge on any atom is 0.133 e. The van der Waals surface area contributed by atoms with Gasteiger partial charge in [0.1, 0.15) is 5.78 Å². The van der Waals surface area contributed by atoms with Gasteiger partial charge in [0, 0.05) is 40.8 Å². The summed E-state index contributed by atoms with van der Waals surface area (Å²) in [4.78, 5) is 22.2. The molecule has 2 aromatic heterocycles. The number of aromatic nitrogens is 2. The van der Waals surface area contributed by atoms with Crippen molar-refractivity contribution in [2.45, 2.75) is 63.7 Å². The molecule has 1 aromatic carbocycles. The first-order valence-corrected chi connectivity index (χ1v) is 11.8. The molecule has 0 N–H and O–H groups in total. The van der Waals surface area contributed by atoms with Gasteiger partial charge in [0.2, 0.25) is 0 Å². The third-order valence-electron chi connectivity index (χ3n) is 7.05. The molecule has 1 fully saturated rings. The summed E-state index contributed by atoms with van der Waals surface area (Å²) in [6, 6.07) is 12.5. The molecule has 31 heavy (non-hydrogen) atoms. The molecule has 0 radical (unpaired) electrons. The van der Waals surface area contributed by atoms with E-state index in [1.807, 2.05) is 18.5 Å². The minimum absolute atomic E-state index is 0. The number of carbonyl (C=O) groups is 1. The van der Waals surface area contributed by atoms with Crippen molar-refractivity contribution in [3.8, 4) is 0 Å². The summed E-state index contributed by atoms with van der Waals surface area (Å²) in [6.45, 7) is 0. The molecular weight excluding hydrogens is 380 g/mol. The predicted octanol–water partition coefficient (Wildman–Crippen LogP) is 7.19. The number of Topliss-reactive ketones (excluding diaryl/α,β-unsaturated/α-hetero) is 1. The van der Waals surface area contributed by atoms with Crippen LogP contribution in [0.15, 0.2) is 54.9 Å². The van der Waals surface area contributed by atoms with Crippen LogP contribution in [0, 0.1) is 5.92 Å². The summed E-state index contributed by atoms with van der Waals surface area (Å²) in [7, 11) is 0. The van der Waals surface area contributed by atoms with Gasteiger partial charge in [0.15, 0.2) is 0 Å². The van der Waals surface area contributed by atoms with Gasteiger partial charge < -0.3 is 0 Å². The van der Waals surface area contributed by atoms with Crippen LogP contribution in [0.3, 0.4) is 0 Å². The van der Waals surface area contributed by atoms with E-state index >= 15 is 0 Å². The minimum atomic E-state index is 0. The molecule has 3 nitrogen and oxygen atoms in total. The number of carbonyl (C=O) groups excluding carboxylic acids is 1. The Labute approximate surface area is 189 Å². The average molecular weight is 417 g/mol. The number of para-hydroxylation sites is 1. The van der Waals surface area contributed by atoms with Gasteiger partial charge in [-0.3, -0.25) is 14.8 Å². The lowest BCUT2D eigenvalue weighted by Gasteiger charge is -2.30. The molecular formula is C28H36N2O. The fourth-order valence-electron chi connectivity index (χ4n) is 5.50. The second-order valence-electron chi connectivity index (χ2n) is 9.17. The number of aryl methyl sites for hydroxylation is 2. The number of hydrogen-bond donors (Lipinski definition) is 0. The van der Waals surface area contributed by atoms with Crippen LogP contribution in [0.5, 0.6) is 0 Å². The molecule has 2 heterocycles. The molecule has 0 aliphatic heterocycles. The van der Waals surface area contributed by atoms with E-state index in [0.29, 0.717) is 30.5 Å². The number of fused-ring (bicyclic) bond motifs is 2. The second kappa shape index (κ2) is 9.13. The number of benzene rings is 1. The molecule has 2 aliphatic rings. The van der Waals surface area contributed by atoms with Gasteiger partial charge in [0.25, 0.3) is 0 Å². The zero-order valence-corrected chi connectivity index (χ0v) is 18.1. The maximum absolute atomic E-state index is 12.8. The van der Waals surface area contributed by atoms with Crippen molar-refractivity contribution in [2.24, 2.45) is 5.92 Å². The molecule has 164 valence electrons. The summed E-state index contributed by atoms with van der Waals surface area (Å²) in [5.41, 5.74) is 6.28. The highest BCUT2D eigenvalue weighted by atomic mass is 16.1.